The van der Waals surface area contributed by atoms with Crippen molar-refractivity contribution >= 4 is 35.2 Å². The van der Waals surface area contributed by atoms with E-state index in [2.05, 4.69) is 6.58 Å². The fraction of sp³-hybridized carbons (Fsp3) is 0.350. The van der Waals surface area contributed by atoms with Gasteiger partial charge in [0.2, 0.25) is 5.96 Å². The Labute approximate surface area is 169 Å². The molecule has 4 rings (SSSR count). The van der Waals surface area contributed by atoms with Gasteiger partial charge in [0.1, 0.15) is 0 Å². The van der Waals surface area contributed by atoms with Crippen molar-refractivity contribution in [1.29, 1.82) is 0 Å². The van der Waals surface area contributed by atoms with Crippen molar-refractivity contribution in [2.45, 2.75) is 33.0 Å². The Morgan fingerprint density at radius 2 is 2.00 bits per heavy atom. The second-order valence-corrected chi connectivity index (χ2v) is 7.92. The van der Waals surface area contributed by atoms with Gasteiger partial charge in [0.15, 0.2) is 12.2 Å². The molecule has 3 amide bonds. The summed E-state index contributed by atoms with van der Waals surface area (Å²) >= 11 is 6.32. The number of nitrogens with zero attached hydrogens (tertiary/aromatic N) is 5. The van der Waals surface area contributed by atoms with Crippen LogP contribution >= 0.6 is 11.6 Å². The zero-order valence-corrected chi connectivity index (χ0v) is 17.1. The van der Waals surface area contributed by atoms with E-state index in [0.29, 0.717) is 11.0 Å². The molecular weight excluding hydrogens is 378 g/mol. The highest BCUT2D eigenvalue weighted by Crippen LogP contribution is 2.37. The molecule has 0 aliphatic carbocycles. The first-order valence-corrected chi connectivity index (χ1v) is 9.42. The minimum absolute atomic E-state index is 0.203. The zero-order valence-electron chi connectivity index (χ0n) is 16.3. The van der Waals surface area contributed by atoms with E-state index in [1.54, 1.807) is 14.0 Å². The predicted octanol–water partition coefficient (Wildman–Crippen LogP) is 3.17. The van der Waals surface area contributed by atoms with Gasteiger partial charge in [0.25, 0.3) is 5.91 Å². The molecule has 28 heavy (non-hydrogen) atoms. The average molecular weight is 400 g/mol. The molecule has 0 N–H and O–H groups in total. The summed E-state index contributed by atoms with van der Waals surface area (Å²) in [5.41, 5.74) is 3.53. The van der Waals surface area contributed by atoms with E-state index < -0.39 is 12.2 Å². The lowest BCUT2D eigenvalue weighted by atomic mass is 10.1. The highest BCUT2D eigenvalue weighted by atomic mass is 35.5. The van der Waals surface area contributed by atoms with Crippen LogP contribution in [0.1, 0.15) is 19.4 Å². The Morgan fingerprint density at radius 1 is 1.29 bits per heavy atom. The number of halogens is 1. The van der Waals surface area contributed by atoms with E-state index in [1.165, 1.54) is 9.80 Å². The summed E-state index contributed by atoms with van der Waals surface area (Å²) in [6, 6.07) is 4.86. The standard InChI is InChI=1S/C20H22ClN5O2/c1-11(2)9-25-18(27)16-17(23(5)20(25)28)22-19-24(16)10-13(4)26(19)14-7-6-12(3)15(21)8-14/h6-8,10,16-17H,1,9H2,2-5H3. The number of urea groups is 1. The number of aryl methyl sites for hydroxylation is 1. The van der Waals surface area contributed by atoms with E-state index in [9.17, 15) is 9.59 Å². The third-order valence-electron chi connectivity index (χ3n) is 5.23. The number of carbonyl (C=O) groups excluding carboxylic acids is 2. The second-order valence-electron chi connectivity index (χ2n) is 7.51. The summed E-state index contributed by atoms with van der Waals surface area (Å²) in [6.45, 7) is 9.74. The number of fused-ring (bicyclic) bond motifs is 3. The SMILES string of the molecule is C=C(C)CN1C(=O)C2C(N=C3N(c4ccc(C)c(Cl)c4)C(C)=CN32)N(C)C1=O. The molecule has 7 nitrogen and oxygen atoms in total. The summed E-state index contributed by atoms with van der Waals surface area (Å²) in [4.78, 5) is 37.1. The summed E-state index contributed by atoms with van der Waals surface area (Å²) < 4.78 is 0. The molecule has 8 heteroatoms. The van der Waals surface area contributed by atoms with E-state index in [0.717, 1.165) is 22.5 Å². The second kappa shape index (κ2) is 6.38. The molecule has 3 aliphatic heterocycles. The lowest BCUT2D eigenvalue weighted by Gasteiger charge is -2.40. The van der Waals surface area contributed by atoms with Crippen molar-refractivity contribution in [3.63, 3.8) is 0 Å². The van der Waals surface area contributed by atoms with Crippen molar-refractivity contribution in [3.05, 3.63) is 52.8 Å². The molecule has 0 radical (unpaired) electrons. The summed E-state index contributed by atoms with van der Waals surface area (Å²) in [5, 5.41) is 0.663. The topological polar surface area (TPSA) is 59.5 Å². The van der Waals surface area contributed by atoms with Crippen LogP contribution in [0.2, 0.25) is 5.02 Å². The van der Waals surface area contributed by atoms with E-state index in [1.807, 2.05) is 48.0 Å². The lowest BCUT2D eigenvalue weighted by Crippen LogP contribution is -2.64. The number of likely N-dealkylation sites (N-methyl/N-ethyl adjacent to an activating group) is 1. The molecule has 2 atom stereocenters. The number of anilines is 1. The molecule has 2 unspecified atom stereocenters. The number of hydrogen-bond acceptors (Lipinski definition) is 5. The summed E-state index contributed by atoms with van der Waals surface area (Å²) in [7, 11) is 1.67. The van der Waals surface area contributed by atoms with Crippen LogP contribution in [0.3, 0.4) is 0 Å². The number of rotatable bonds is 3. The van der Waals surface area contributed by atoms with Crippen molar-refractivity contribution < 1.29 is 9.59 Å². The van der Waals surface area contributed by atoms with Crippen LogP contribution in [0, 0.1) is 6.92 Å². The molecule has 1 saturated heterocycles. The van der Waals surface area contributed by atoms with Crippen LogP contribution in [0.25, 0.3) is 0 Å². The number of imide groups is 1. The van der Waals surface area contributed by atoms with Crippen molar-refractivity contribution in [1.82, 2.24) is 14.7 Å². The predicted molar refractivity (Wildman–Crippen MR) is 109 cm³/mol. The van der Waals surface area contributed by atoms with Gasteiger partial charge in [-0.3, -0.25) is 14.6 Å². The zero-order chi connectivity index (χ0) is 20.3. The Bertz CT molecular complexity index is 969. The minimum atomic E-state index is -0.585. The van der Waals surface area contributed by atoms with Crippen molar-refractivity contribution in [3.8, 4) is 0 Å². The summed E-state index contributed by atoms with van der Waals surface area (Å²) in [6.07, 6.45) is 1.33. The maximum absolute atomic E-state index is 13.1. The fourth-order valence-electron chi connectivity index (χ4n) is 3.81. The van der Waals surface area contributed by atoms with Gasteiger partial charge in [-0.2, -0.15) is 0 Å². The number of allylic oxidation sites excluding steroid dienone is 1. The largest absolute Gasteiger partial charge is 0.328 e. The van der Waals surface area contributed by atoms with E-state index in [4.69, 9.17) is 16.6 Å². The van der Waals surface area contributed by atoms with Crippen LogP contribution in [0.4, 0.5) is 10.5 Å². The van der Waals surface area contributed by atoms with Crippen LogP contribution < -0.4 is 4.90 Å². The number of hydrogen-bond donors (Lipinski definition) is 0. The Kier molecular flexibility index (Phi) is 4.23. The molecule has 1 fully saturated rings. The Balaban J connectivity index is 1.73. The van der Waals surface area contributed by atoms with Gasteiger partial charge in [-0.1, -0.05) is 29.8 Å². The Morgan fingerprint density at radius 3 is 2.64 bits per heavy atom. The van der Waals surface area contributed by atoms with Gasteiger partial charge in [0, 0.05) is 24.0 Å². The summed E-state index contributed by atoms with van der Waals surface area (Å²) in [5.74, 6) is 0.361. The first-order valence-electron chi connectivity index (χ1n) is 9.04. The number of benzene rings is 1. The quantitative estimate of drug-likeness (QED) is 0.732. The molecular formula is C20H22ClN5O2. The molecule has 146 valence electrons. The van der Waals surface area contributed by atoms with Gasteiger partial charge in [-0.25, -0.2) is 9.79 Å². The molecule has 0 spiro atoms. The third kappa shape index (κ3) is 2.61. The molecule has 0 aromatic heterocycles. The molecule has 3 heterocycles. The third-order valence-corrected chi connectivity index (χ3v) is 5.64. The lowest BCUT2D eigenvalue weighted by molar-refractivity contribution is -0.136. The molecule has 0 saturated carbocycles. The number of aliphatic imine (C=N–C) groups is 1. The normalized spacial score (nSPS) is 23.8. The fourth-order valence-corrected chi connectivity index (χ4v) is 3.98. The van der Waals surface area contributed by atoms with Crippen LogP contribution in [0.15, 0.2) is 47.2 Å². The van der Waals surface area contributed by atoms with Gasteiger partial charge in [-0.05, 0) is 38.5 Å². The smallest absolute Gasteiger partial charge is 0.302 e. The van der Waals surface area contributed by atoms with Crippen LogP contribution in [-0.2, 0) is 4.79 Å². The highest BCUT2D eigenvalue weighted by molar-refractivity contribution is 6.31. The van der Waals surface area contributed by atoms with Gasteiger partial charge in [-0.15, -0.1) is 0 Å². The van der Waals surface area contributed by atoms with Crippen molar-refractivity contribution in [2.24, 2.45) is 4.99 Å². The van der Waals surface area contributed by atoms with Crippen LogP contribution in [-0.4, -0.2) is 58.4 Å². The molecule has 1 aromatic carbocycles. The number of carbonyl (C=O) groups is 2. The van der Waals surface area contributed by atoms with Gasteiger partial charge < -0.3 is 9.80 Å². The minimum Gasteiger partial charge on any atom is -0.302 e. The number of guanidine groups is 1. The van der Waals surface area contributed by atoms with Gasteiger partial charge >= 0.3 is 6.03 Å². The average Bonchev–Trinajstić information content (AvgIpc) is 3.14. The van der Waals surface area contributed by atoms with E-state index in [-0.39, 0.29) is 18.5 Å². The monoisotopic (exact) mass is 399 g/mol. The number of amides is 3. The molecule has 0 bridgehead atoms. The first kappa shape index (κ1) is 18.6. The van der Waals surface area contributed by atoms with Crippen LogP contribution in [0.5, 0.6) is 0 Å². The molecule has 1 aromatic rings. The van der Waals surface area contributed by atoms with Gasteiger partial charge in [0.05, 0.1) is 12.2 Å². The van der Waals surface area contributed by atoms with E-state index >= 15 is 0 Å². The van der Waals surface area contributed by atoms with Crippen molar-refractivity contribution in [2.75, 3.05) is 18.5 Å². The molecule has 3 aliphatic rings. The first-order chi connectivity index (χ1) is 13.2. The Hall–Kier alpha value is -2.80. The maximum Gasteiger partial charge on any atom is 0.328 e. The maximum atomic E-state index is 13.1. The highest BCUT2D eigenvalue weighted by Gasteiger charge is 2.54.